The number of hydrogen-bond acceptors (Lipinski definition) is 6. The van der Waals surface area contributed by atoms with Gasteiger partial charge < -0.3 is 10.2 Å². The molecule has 0 amide bonds. The van der Waals surface area contributed by atoms with Crippen molar-refractivity contribution in [3.05, 3.63) is 30.2 Å². The molecular weight excluding hydrogens is 292 g/mol. The standard InChI is InChI=1S/C15H20N8/c1-11-8-15(21(2)19-11)22-7-3-4-12(9-22)17-13-5-6-14-18-16-10-23(14)20-13/h5-6,8,10,12H,3-4,7,9H2,1-2H3,(H,17,20)/t12-/m1/s1. The second-order valence-electron chi connectivity index (χ2n) is 6.05. The summed E-state index contributed by atoms with van der Waals surface area (Å²) in [6, 6.07) is 6.38. The van der Waals surface area contributed by atoms with Crippen molar-refractivity contribution in [2.24, 2.45) is 7.05 Å². The molecule has 0 saturated carbocycles. The Labute approximate surface area is 134 Å². The highest BCUT2D eigenvalue weighted by molar-refractivity contribution is 5.45. The number of nitrogens with zero attached hydrogens (tertiary/aromatic N) is 7. The number of anilines is 2. The smallest absolute Gasteiger partial charge is 0.177 e. The molecule has 0 aromatic carbocycles. The fraction of sp³-hybridized carbons (Fsp3) is 0.467. The van der Waals surface area contributed by atoms with Gasteiger partial charge in [0.25, 0.3) is 0 Å². The van der Waals surface area contributed by atoms with Crippen molar-refractivity contribution in [2.75, 3.05) is 23.3 Å². The molecular formula is C15H20N8. The Balaban J connectivity index is 1.49. The number of piperidine rings is 1. The van der Waals surface area contributed by atoms with Crippen LogP contribution in [0.25, 0.3) is 5.65 Å². The first-order valence-electron chi connectivity index (χ1n) is 7.88. The highest BCUT2D eigenvalue weighted by Gasteiger charge is 2.22. The molecule has 4 heterocycles. The van der Waals surface area contributed by atoms with Crippen LogP contribution in [-0.2, 0) is 7.05 Å². The third kappa shape index (κ3) is 2.71. The Morgan fingerprint density at radius 2 is 2.17 bits per heavy atom. The minimum absolute atomic E-state index is 0.361. The first-order chi connectivity index (χ1) is 11.2. The molecule has 120 valence electrons. The Morgan fingerprint density at radius 3 is 3.00 bits per heavy atom. The lowest BCUT2D eigenvalue weighted by Crippen LogP contribution is -2.43. The van der Waals surface area contributed by atoms with Gasteiger partial charge in [-0.05, 0) is 31.9 Å². The van der Waals surface area contributed by atoms with E-state index in [1.165, 1.54) is 5.82 Å². The summed E-state index contributed by atoms with van der Waals surface area (Å²) >= 11 is 0. The van der Waals surface area contributed by atoms with Crippen molar-refractivity contribution in [1.29, 1.82) is 0 Å². The molecule has 0 bridgehead atoms. The minimum Gasteiger partial charge on any atom is -0.364 e. The molecule has 8 nitrogen and oxygen atoms in total. The van der Waals surface area contributed by atoms with Gasteiger partial charge in [0.2, 0.25) is 0 Å². The molecule has 23 heavy (non-hydrogen) atoms. The summed E-state index contributed by atoms with van der Waals surface area (Å²) in [7, 11) is 2.00. The second kappa shape index (κ2) is 5.53. The van der Waals surface area contributed by atoms with E-state index in [0.29, 0.717) is 6.04 Å². The van der Waals surface area contributed by atoms with E-state index in [9.17, 15) is 0 Å². The summed E-state index contributed by atoms with van der Waals surface area (Å²) in [5, 5.41) is 20.3. The van der Waals surface area contributed by atoms with Crippen LogP contribution in [0.15, 0.2) is 24.5 Å². The predicted molar refractivity (Wildman–Crippen MR) is 87.6 cm³/mol. The molecule has 1 fully saturated rings. The average Bonchev–Trinajstić information content (AvgIpc) is 3.13. The van der Waals surface area contributed by atoms with Crippen LogP contribution in [0.4, 0.5) is 11.6 Å². The monoisotopic (exact) mass is 312 g/mol. The van der Waals surface area contributed by atoms with E-state index in [1.807, 2.05) is 30.8 Å². The first kappa shape index (κ1) is 14.0. The maximum absolute atomic E-state index is 4.49. The average molecular weight is 312 g/mol. The lowest BCUT2D eigenvalue weighted by Gasteiger charge is -2.34. The van der Waals surface area contributed by atoms with E-state index in [4.69, 9.17) is 0 Å². The van der Waals surface area contributed by atoms with Gasteiger partial charge in [-0.2, -0.15) is 9.61 Å². The molecule has 3 aromatic heterocycles. The van der Waals surface area contributed by atoms with Crippen LogP contribution < -0.4 is 10.2 Å². The van der Waals surface area contributed by atoms with Gasteiger partial charge in [-0.1, -0.05) is 0 Å². The van der Waals surface area contributed by atoms with E-state index >= 15 is 0 Å². The summed E-state index contributed by atoms with van der Waals surface area (Å²) in [5.41, 5.74) is 1.81. The Hall–Kier alpha value is -2.64. The number of hydrogen-bond donors (Lipinski definition) is 1. The van der Waals surface area contributed by atoms with E-state index < -0.39 is 0 Å². The van der Waals surface area contributed by atoms with E-state index in [1.54, 1.807) is 10.8 Å². The molecule has 1 aliphatic rings. The van der Waals surface area contributed by atoms with Crippen molar-refractivity contribution in [3.63, 3.8) is 0 Å². The van der Waals surface area contributed by atoms with Gasteiger partial charge in [-0.3, -0.25) is 4.68 Å². The zero-order chi connectivity index (χ0) is 15.8. The topological polar surface area (TPSA) is 76.2 Å². The highest BCUT2D eigenvalue weighted by Crippen LogP contribution is 2.22. The molecule has 8 heteroatoms. The SMILES string of the molecule is Cc1cc(N2CCC[C@@H](Nc3ccc4nncn4n3)C2)n(C)n1. The summed E-state index contributed by atoms with van der Waals surface area (Å²) in [5.74, 6) is 2.03. The highest BCUT2D eigenvalue weighted by atomic mass is 15.4. The fourth-order valence-electron chi connectivity index (χ4n) is 3.21. The zero-order valence-corrected chi connectivity index (χ0v) is 13.3. The van der Waals surface area contributed by atoms with Gasteiger partial charge in [-0.25, -0.2) is 0 Å². The lowest BCUT2D eigenvalue weighted by molar-refractivity contribution is 0.517. The summed E-state index contributed by atoms with van der Waals surface area (Å²) in [6.07, 6.45) is 3.90. The maximum Gasteiger partial charge on any atom is 0.177 e. The van der Waals surface area contributed by atoms with Crippen LogP contribution in [0.2, 0.25) is 0 Å². The number of aryl methyl sites for hydroxylation is 2. The van der Waals surface area contributed by atoms with Crippen LogP contribution in [0.1, 0.15) is 18.5 Å². The summed E-state index contributed by atoms with van der Waals surface area (Å²) in [4.78, 5) is 2.39. The number of aromatic nitrogens is 6. The molecule has 0 spiro atoms. The molecule has 1 saturated heterocycles. The third-order valence-corrected chi connectivity index (χ3v) is 4.24. The molecule has 1 N–H and O–H groups in total. The van der Waals surface area contributed by atoms with Crippen molar-refractivity contribution >= 4 is 17.3 Å². The van der Waals surface area contributed by atoms with Crippen molar-refractivity contribution in [2.45, 2.75) is 25.8 Å². The molecule has 1 atom stereocenters. The molecule has 1 aliphatic heterocycles. The second-order valence-corrected chi connectivity index (χ2v) is 6.05. The number of fused-ring (bicyclic) bond motifs is 1. The van der Waals surface area contributed by atoms with Gasteiger partial charge in [0.1, 0.15) is 18.0 Å². The normalized spacial score (nSPS) is 18.5. The zero-order valence-electron chi connectivity index (χ0n) is 13.3. The number of nitrogens with one attached hydrogen (secondary N) is 1. The predicted octanol–water partition coefficient (Wildman–Crippen LogP) is 1.25. The fourth-order valence-corrected chi connectivity index (χ4v) is 3.21. The van der Waals surface area contributed by atoms with Gasteiger partial charge in [0.05, 0.1) is 5.69 Å². The maximum atomic E-state index is 4.49. The van der Waals surface area contributed by atoms with Crippen molar-refractivity contribution < 1.29 is 0 Å². The molecule has 0 aliphatic carbocycles. The first-order valence-corrected chi connectivity index (χ1v) is 7.88. The van der Waals surface area contributed by atoms with Crippen molar-refractivity contribution in [1.82, 2.24) is 29.6 Å². The Bertz CT molecular complexity index is 820. The van der Waals surface area contributed by atoms with E-state index in [0.717, 1.165) is 43.1 Å². The quantitative estimate of drug-likeness (QED) is 0.784. The van der Waals surface area contributed by atoms with Gasteiger partial charge in [0.15, 0.2) is 5.65 Å². The van der Waals surface area contributed by atoms with Crippen LogP contribution >= 0.6 is 0 Å². The van der Waals surface area contributed by atoms with Crippen LogP contribution in [0, 0.1) is 6.92 Å². The summed E-state index contributed by atoms with van der Waals surface area (Å²) < 4.78 is 3.65. The lowest BCUT2D eigenvalue weighted by atomic mass is 10.1. The summed E-state index contributed by atoms with van der Waals surface area (Å²) in [6.45, 7) is 4.04. The van der Waals surface area contributed by atoms with Crippen molar-refractivity contribution in [3.8, 4) is 0 Å². The molecule has 0 radical (unpaired) electrons. The van der Waals surface area contributed by atoms with Gasteiger partial charge >= 0.3 is 0 Å². The largest absolute Gasteiger partial charge is 0.364 e. The van der Waals surface area contributed by atoms with Crippen LogP contribution in [0.5, 0.6) is 0 Å². The Kier molecular flexibility index (Phi) is 3.36. The minimum atomic E-state index is 0.361. The van der Waals surface area contributed by atoms with E-state index in [-0.39, 0.29) is 0 Å². The molecule has 4 rings (SSSR count). The molecule has 3 aromatic rings. The van der Waals surface area contributed by atoms with Gasteiger partial charge in [0, 0.05) is 32.2 Å². The Morgan fingerprint density at radius 1 is 1.26 bits per heavy atom. The third-order valence-electron chi connectivity index (χ3n) is 4.24. The molecule has 0 unspecified atom stereocenters. The van der Waals surface area contributed by atoms with E-state index in [2.05, 4.69) is 36.7 Å². The van der Waals surface area contributed by atoms with Gasteiger partial charge in [-0.15, -0.1) is 15.3 Å². The number of rotatable bonds is 3. The van der Waals surface area contributed by atoms with Crippen LogP contribution in [0.3, 0.4) is 0 Å². The van der Waals surface area contributed by atoms with Crippen LogP contribution in [-0.4, -0.2) is 48.7 Å².